The summed E-state index contributed by atoms with van der Waals surface area (Å²) >= 11 is 3.32. The molecule has 0 aliphatic rings. The fourth-order valence-corrected chi connectivity index (χ4v) is 2.17. The number of halogens is 4. The lowest BCUT2D eigenvalue weighted by molar-refractivity contribution is 0.439. The van der Waals surface area contributed by atoms with Gasteiger partial charge in [0.05, 0.1) is 6.04 Å². The minimum Gasteiger partial charge on any atom is -0.271 e. The van der Waals surface area contributed by atoms with Crippen LogP contribution in [0.2, 0.25) is 0 Å². The molecular formula is C14H12BrF3N2. The predicted octanol–water partition coefficient (Wildman–Crippen LogP) is 3.61. The second-order valence-corrected chi connectivity index (χ2v) is 5.26. The van der Waals surface area contributed by atoms with Crippen molar-refractivity contribution in [1.82, 2.24) is 5.43 Å². The Morgan fingerprint density at radius 1 is 1.05 bits per heavy atom. The molecule has 1 unspecified atom stereocenters. The molecule has 20 heavy (non-hydrogen) atoms. The molecule has 0 heterocycles. The first-order chi connectivity index (χ1) is 9.51. The van der Waals surface area contributed by atoms with Crippen molar-refractivity contribution >= 4 is 15.9 Å². The standard InChI is InChI=1S/C14H12BrF3N2/c15-10-3-1-8(2-4-10)5-13(20-19)9-6-11(16)14(18)12(17)7-9/h1-4,6-7,13,20H,5,19H2. The zero-order valence-electron chi connectivity index (χ0n) is 10.3. The molecule has 106 valence electrons. The summed E-state index contributed by atoms with van der Waals surface area (Å²) in [6.45, 7) is 0. The van der Waals surface area contributed by atoms with Crippen molar-refractivity contribution in [2.24, 2.45) is 5.84 Å². The van der Waals surface area contributed by atoms with Crippen LogP contribution in [0.25, 0.3) is 0 Å². The SMILES string of the molecule is NNC(Cc1ccc(Br)cc1)c1cc(F)c(F)c(F)c1. The first kappa shape index (κ1) is 15.0. The summed E-state index contributed by atoms with van der Waals surface area (Å²) in [4.78, 5) is 0. The first-order valence-corrected chi connectivity index (χ1v) is 6.65. The minimum atomic E-state index is -1.48. The Kier molecular flexibility index (Phi) is 4.80. The number of hydrogen-bond donors (Lipinski definition) is 2. The van der Waals surface area contributed by atoms with E-state index in [0.29, 0.717) is 6.42 Å². The summed E-state index contributed by atoms with van der Waals surface area (Å²) in [5.74, 6) is 1.49. The molecule has 2 nitrogen and oxygen atoms in total. The summed E-state index contributed by atoms with van der Waals surface area (Å²) < 4.78 is 40.3. The van der Waals surface area contributed by atoms with Crippen LogP contribution < -0.4 is 11.3 Å². The van der Waals surface area contributed by atoms with E-state index in [1.807, 2.05) is 24.3 Å². The van der Waals surface area contributed by atoms with Crippen LogP contribution in [-0.2, 0) is 6.42 Å². The Balaban J connectivity index is 2.26. The van der Waals surface area contributed by atoms with Crippen molar-refractivity contribution in [3.05, 3.63) is 69.4 Å². The van der Waals surface area contributed by atoms with Gasteiger partial charge in [0, 0.05) is 4.47 Å². The van der Waals surface area contributed by atoms with Gasteiger partial charge in [-0.2, -0.15) is 0 Å². The number of hydrogen-bond acceptors (Lipinski definition) is 2. The second-order valence-electron chi connectivity index (χ2n) is 4.35. The summed E-state index contributed by atoms with van der Waals surface area (Å²) in [6.07, 6.45) is 0.425. The van der Waals surface area contributed by atoms with Gasteiger partial charge >= 0.3 is 0 Å². The van der Waals surface area contributed by atoms with Gasteiger partial charge in [-0.15, -0.1) is 0 Å². The minimum absolute atomic E-state index is 0.256. The van der Waals surface area contributed by atoms with Crippen LogP contribution in [0.4, 0.5) is 13.2 Å². The Morgan fingerprint density at radius 3 is 2.10 bits per heavy atom. The molecule has 0 fully saturated rings. The summed E-state index contributed by atoms with van der Waals surface area (Å²) in [6, 6.07) is 8.82. The van der Waals surface area contributed by atoms with Gasteiger partial charge in [-0.25, -0.2) is 13.2 Å². The molecule has 2 aromatic carbocycles. The molecule has 2 aromatic rings. The van der Waals surface area contributed by atoms with Crippen LogP contribution in [0.15, 0.2) is 40.9 Å². The highest BCUT2D eigenvalue weighted by molar-refractivity contribution is 9.10. The fraction of sp³-hybridized carbons (Fsp3) is 0.143. The monoisotopic (exact) mass is 344 g/mol. The maximum absolute atomic E-state index is 13.2. The summed E-state index contributed by atoms with van der Waals surface area (Å²) in [5.41, 5.74) is 3.68. The molecular weight excluding hydrogens is 333 g/mol. The third-order valence-electron chi connectivity index (χ3n) is 2.96. The summed E-state index contributed by atoms with van der Waals surface area (Å²) in [7, 11) is 0. The third kappa shape index (κ3) is 3.39. The highest BCUT2D eigenvalue weighted by atomic mass is 79.9. The van der Waals surface area contributed by atoms with Gasteiger partial charge in [0.15, 0.2) is 17.5 Å². The van der Waals surface area contributed by atoms with Gasteiger partial charge in [-0.1, -0.05) is 28.1 Å². The van der Waals surface area contributed by atoms with E-state index in [1.165, 1.54) is 0 Å². The topological polar surface area (TPSA) is 38.0 Å². The smallest absolute Gasteiger partial charge is 0.194 e. The van der Waals surface area contributed by atoms with Gasteiger partial charge in [0.2, 0.25) is 0 Å². The van der Waals surface area contributed by atoms with E-state index in [4.69, 9.17) is 5.84 Å². The lowest BCUT2D eigenvalue weighted by Gasteiger charge is -2.17. The van der Waals surface area contributed by atoms with Gasteiger partial charge in [-0.05, 0) is 41.8 Å². The van der Waals surface area contributed by atoms with Crippen LogP contribution >= 0.6 is 15.9 Å². The molecule has 0 aliphatic carbocycles. The molecule has 1 atom stereocenters. The molecule has 0 aliphatic heterocycles. The molecule has 0 radical (unpaired) electrons. The molecule has 0 bridgehead atoms. The Labute approximate surface area is 122 Å². The molecule has 3 N–H and O–H groups in total. The second kappa shape index (κ2) is 6.39. The van der Waals surface area contributed by atoms with E-state index in [2.05, 4.69) is 21.4 Å². The van der Waals surface area contributed by atoms with E-state index in [1.54, 1.807) is 0 Å². The maximum Gasteiger partial charge on any atom is 0.194 e. The maximum atomic E-state index is 13.2. The van der Waals surface area contributed by atoms with E-state index in [-0.39, 0.29) is 5.56 Å². The van der Waals surface area contributed by atoms with Crippen LogP contribution in [0.5, 0.6) is 0 Å². The molecule has 0 saturated carbocycles. The van der Waals surface area contributed by atoms with Crippen LogP contribution in [0, 0.1) is 17.5 Å². The fourth-order valence-electron chi connectivity index (χ4n) is 1.91. The van der Waals surface area contributed by atoms with E-state index in [0.717, 1.165) is 22.2 Å². The lowest BCUT2D eigenvalue weighted by Crippen LogP contribution is -2.29. The number of hydrazine groups is 1. The average Bonchev–Trinajstić information content (AvgIpc) is 2.43. The van der Waals surface area contributed by atoms with Crippen LogP contribution in [0.1, 0.15) is 17.2 Å². The molecule has 0 aromatic heterocycles. The molecule has 0 saturated heterocycles. The summed E-state index contributed by atoms with van der Waals surface area (Å²) in [5, 5.41) is 0. The highest BCUT2D eigenvalue weighted by Crippen LogP contribution is 2.22. The molecule has 2 rings (SSSR count). The Morgan fingerprint density at radius 2 is 1.60 bits per heavy atom. The van der Waals surface area contributed by atoms with Crippen molar-refractivity contribution in [1.29, 1.82) is 0 Å². The first-order valence-electron chi connectivity index (χ1n) is 5.86. The van der Waals surface area contributed by atoms with E-state index < -0.39 is 23.5 Å². The third-order valence-corrected chi connectivity index (χ3v) is 3.49. The molecule has 0 spiro atoms. The van der Waals surface area contributed by atoms with Gasteiger partial charge in [0.25, 0.3) is 0 Å². The van der Waals surface area contributed by atoms with Crippen LogP contribution in [0.3, 0.4) is 0 Å². The van der Waals surface area contributed by atoms with Crippen molar-refractivity contribution < 1.29 is 13.2 Å². The zero-order valence-corrected chi connectivity index (χ0v) is 11.9. The average molecular weight is 345 g/mol. The molecule has 6 heteroatoms. The molecule has 0 amide bonds. The Hall–Kier alpha value is -1.37. The predicted molar refractivity (Wildman–Crippen MR) is 74.2 cm³/mol. The quantitative estimate of drug-likeness (QED) is 0.505. The lowest BCUT2D eigenvalue weighted by atomic mass is 9.99. The van der Waals surface area contributed by atoms with Gasteiger partial charge < -0.3 is 0 Å². The number of rotatable bonds is 4. The van der Waals surface area contributed by atoms with Crippen LogP contribution in [-0.4, -0.2) is 0 Å². The van der Waals surface area contributed by atoms with Crippen molar-refractivity contribution in [3.8, 4) is 0 Å². The Bertz CT molecular complexity index is 579. The highest BCUT2D eigenvalue weighted by Gasteiger charge is 2.17. The van der Waals surface area contributed by atoms with E-state index >= 15 is 0 Å². The van der Waals surface area contributed by atoms with Crippen molar-refractivity contribution in [2.75, 3.05) is 0 Å². The zero-order chi connectivity index (χ0) is 14.7. The number of benzene rings is 2. The van der Waals surface area contributed by atoms with Crippen molar-refractivity contribution in [3.63, 3.8) is 0 Å². The van der Waals surface area contributed by atoms with Crippen molar-refractivity contribution in [2.45, 2.75) is 12.5 Å². The normalized spacial score (nSPS) is 12.4. The van der Waals surface area contributed by atoms with Gasteiger partial charge in [-0.3, -0.25) is 11.3 Å². The number of nitrogens with one attached hydrogen (secondary N) is 1. The largest absolute Gasteiger partial charge is 0.271 e. The number of nitrogens with two attached hydrogens (primary N) is 1. The van der Waals surface area contributed by atoms with E-state index in [9.17, 15) is 13.2 Å². The van der Waals surface area contributed by atoms with Gasteiger partial charge in [0.1, 0.15) is 0 Å².